The summed E-state index contributed by atoms with van der Waals surface area (Å²) < 4.78 is 0. The van der Waals surface area contributed by atoms with Gasteiger partial charge in [-0.3, -0.25) is 9.69 Å². The van der Waals surface area contributed by atoms with Gasteiger partial charge in [-0.25, -0.2) is 14.7 Å². The molecule has 0 bridgehead atoms. The molecule has 4 rings (SSSR count). The minimum absolute atomic E-state index is 0.231. The molecule has 1 aromatic heterocycles. The van der Waals surface area contributed by atoms with Crippen LogP contribution in [0, 0.1) is 11.8 Å². The molecule has 0 aliphatic carbocycles. The quantitative estimate of drug-likeness (QED) is 0.774. The highest BCUT2D eigenvalue weighted by Gasteiger charge is 2.29. The molecule has 29 heavy (non-hydrogen) atoms. The van der Waals surface area contributed by atoms with Gasteiger partial charge in [0.25, 0.3) is 5.91 Å². The van der Waals surface area contributed by atoms with E-state index < -0.39 is 0 Å². The second-order valence-corrected chi connectivity index (χ2v) is 7.03. The van der Waals surface area contributed by atoms with Gasteiger partial charge in [0.1, 0.15) is 0 Å². The Bertz CT molecular complexity index is 972. The summed E-state index contributed by atoms with van der Waals surface area (Å²) in [5.41, 5.74) is 1.39. The molecule has 2 aromatic rings. The van der Waals surface area contributed by atoms with Gasteiger partial charge in [-0.2, -0.15) is 0 Å². The SMILES string of the molecule is O=C1Nc2cccnc2N(C(=O)NCC#CCN2CCCCC2)c2ccccc21. The normalized spacial score (nSPS) is 15.9. The lowest BCUT2D eigenvalue weighted by Crippen LogP contribution is -2.38. The Morgan fingerprint density at radius 3 is 2.79 bits per heavy atom. The number of hydrogen-bond donors (Lipinski definition) is 2. The Morgan fingerprint density at radius 2 is 1.93 bits per heavy atom. The van der Waals surface area contributed by atoms with Gasteiger partial charge in [0.2, 0.25) is 0 Å². The molecule has 1 saturated heterocycles. The number of fused-ring (bicyclic) bond motifs is 2. The van der Waals surface area contributed by atoms with Gasteiger partial charge in [0.15, 0.2) is 5.82 Å². The molecule has 1 aromatic carbocycles. The molecular weight excluding hydrogens is 366 g/mol. The monoisotopic (exact) mass is 389 g/mol. The number of aromatic nitrogens is 1. The van der Waals surface area contributed by atoms with Crippen molar-refractivity contribution in [2.45, 2.75) is 19.3 Å². The predicted molar refractivity (Wildman–Crippen MR) is 112 cm³/mol. The minimum atomic E-state index is -0.374. The third-order valence-corrected chi connectivity index (χ3v) is 5.04. The Hall–Kier alpha value is -3.37. The van der Waals surface area contributed by atoms with E-state index in [1.165, 1.54) is 24.2 Å². The molecule has 1 fully saturated rings. The lowest BCUT2D eigenvalue weighted by Gasteiger charge is -2.24. The van der Waals surface area contributed by atoms with Gasteiger partial charge >= 0.3 is 6.03 Å². The number of hydrogen-bond acceptors (Lipinski definition) is 4. The Labute approximate surface area is 170 Å². The van der Waals surface area contributed by atoms with E-state index in [0.717, 1.165) is 19.6 Å². The molecule has 7 heteroatoms. The first-order chi connectivity index (χ1) is 14.2. The second kappa shape index (κ2) is 8.76. The zero-order valence-electron chi connectivity index (χ0n) is 16.1. The highest BCUT2D eigenvalue weighted by molar-refractivity contribution is 6.16. The smallest absolute Gasteiger partial charge is 0.326 e. The maximum absolute atomic E-state index is 13.0. The summed E-state index contributed by atoms with van der Waals surface area (Å²) in [6.07, 6.45) is 5.35. The van der Waals surface area contributed by atoms with Gasteiger partial charge in [-0.1, -0.05) is 30.4 Å². The van der Waals surface area contributed by atoms with Crippen LogP contribution in [0.3, 0.4) is 0 Å². The van der Waals surface area contributed by atoms with Crippen molar-refractivity contribution in [3.63, 3.8) is 0 Å². The Morgan fingerprint density at radius 1 is 1.10 bits per heavy atom. The van der Waals surface area contributed by atoms with Crippen molar-refractivity contribution < 1.29 is 9.59 Å². The van der Waals surface area contributed by atoms with Gasteiger partial charge in [-0.15, -0.1) is 0 Å². The lowest BCUT2D eigenvalue weighted by atomic mass is 10.1. The average Bonchev–Trinajstić information content (AvgIpc) is 2.88. The molecule has 7 nitrogen and oxygen atoms in total. The van der Waals surface area contributed by atoms with E-state index >= 15 is 0 Å². The fraction of sp³-hybridized carbons (Fsp3) is 0.318. The standard InChI is InChI=1S/C22H23N5O2/c28-21-17-9-2-3-11-19(17)27(20-18(25-21)10-8-13-23-20)22(29)24-12-4-7-16-26-14-5-1-6-15-26/h2-3,8-11,13H,1,5-6,12,14-16H2,(H,24,29)(H,25,28). The van der Waals surface area contributed by atoms with E-state index in [0.29, 0.717) is 22.8 Å². The fourth-order valence-corrected chi connectivity index (χ4v) is 3.59. The highest BCUT2D eigenvalue weighted by atomic mass is 16.2. The van der Waals surface area contributed by atoms with E-state index in [2.05, 4.69) is 32.4 Å². The largest absolute Gasteiger partial charge is 0.328 e. The van der Waals surface area contributed by atoms with Crippen LogP contribution in [0.1, 0.15) is 29.6 Å². The van der Waals surface area contributed by atoms with Crippen LogP contribution >= 0.6 is 0 Å². The first kappa shape index (κ1) is 19.0. The van der Waals surface area contributed by atoms with E-state index in [9.17, 15) is 9.59 Å². The van der Waals surface area contributed by atoms with Crippen LogP contribution in [-0.2, 0) is 0 Å². The number of pyridine rings is 1. The Balaban J connectivity index is 1.50. The predicted octanol–water partition coefficient (Wildman–Crippen LogP) is 2.98. The van der Waals surface area contributed by atoms with Gasteiger partial charge < -0.3 is 10.6 Å². The summed E-state index contributed by atoms with van der Waals surface area (Å²) in [5, 5.41) is 5.65. The number of para-hydroxylation sites is 1. The zero-order chi connectivity index (χ0) is 20.1. The fourth-order valence-electron chi connectivity index (χ4n) is 3.59. The summed E-state index contributed by atoms with van der Waals surface area (Å²) in [7, 11) is 0. The average molecular weight is 389 g/mol. The molecule has 0 spiro atoms. The summed E-state index contributed by atoms with van der Waals surface area (Å²) in [6.45, 7) is 3.14. The third-order valence-electron chi connectivity index (χ3n) is 5.04. The molecule has 3 amide bonds. The van der Waals surface area contributed by atoms with Crippen molar-refractivity contribution in [3.05, 3.63) is 48.2 Å². The number of urea groups is 1. The molecule has 2 aliphatic heterocycles. The molecular formula is C22H23N5O2. The third kappa shape index (κ3) is 4.23. The van der Waals surface area contributed by atoms with Crippen molar-refractivity contribution in [2.75, 3.05) is 36.4 Å². The van der Waals surface area contributed by atoms with Crippen molar-refractivity contribution in [1.82, 2.24) is 15.2 Å². The van der Waals surface area contributed by atoms with Gasteiger partial charge in [0.05, 0.1) is 30.0 Å². The number of anilines is 3. The van der Waals surface area contributed by atoms with Crippen LogP contribution < -0.4 is 15.5 Å². The van der Waals surface area contributed by atoms with E-state index in [4.69, 9.17) is 0 Å². The van der Waals surface area contributed by atoms with Crippen LogP contribution in [0.4, 0.5) is 22.0 Å². The summed E-state index contributed by atoms with van der Waals surface area (Å²) in [4.78, 5) is 33.7. The first-order valence-corrected chi connectivity index (χ1v) is 9.85. The lowest BCUT2D eigenvalue weighted by molar-refractivity contribution is 0.102. The molecule has 0 atom stereocenters. The summed E-state index contributed by atoms with van der Waals surface area (Å²) in [6, 6.07) is 10.1. The maximum Gasteiger partial charge on any atom is 0.328 e. The Kier molecular flexibility index (Phi) is 5.73. The minimum Gasteiger partial charge on any atom is -0.326 e. The van der Waals surface area contributed by atoms with Crippen molar-refractivity contribution in [3.8, 4) is 11.8 Å². The molecule has 3 heterocycles. The van der Waals surface area contributed by atoms with E-state index in [-0.39, 0.29) is 18.5 Å². The highest BCUT2D eigenvalue weighted by Crippen LogP contribution is 2.35. The molecule has 0 unspecified atom stereocenters. The number of nitrogens with one attached hydrogen (secondary N) is 2. The number of likely N-dealkylation sites (tertiary alicyclic amines) is 1. The van der Waals surface area contributed by atoms with Crippen molar-refractivity contribution in [1.29, 1.82) is 0 Å². The molecule has 2 N–H and O–H groups in total. The molecule has 148 valence electrons. The molecule has 0 saturated carbocycles. The number of carbonyl (C=O) groups excluding carboxylic acids is 2. The number of carbonyl (C=O) groups is 2. The number of piperidine rings is 1. The second-order valence-electron chi connectivity index (χ2n) is 7.03. The van der Waals surface area contributed by atoms with Gasteiger partial charge in [-0.05, 0) is 50.2 Å². The van der Waals surface area contributed by atoms with Crippen LogP contribution in [-0.4, -0.2) is 48.0 Å². The number of rotatable bonds is 2. The van der Waals surface area contributed by atoms with E-state index in [1.54, 1.807) is 42.6 Å². The number of amides is 3. The molecule has 0 radical (unpaired) electrons. The topological polar surface area (TPSA) is 77.6 Å². The number of benzene rings is 1. The first-order valence-electron chi connectivity index (χ1n) is 9.85. The van der Waals surface area contributed by atoms with Gasteiger partial charge in [0, 0.05) is 6.20 Å². The zero-order valence-corrected chi connectivity index (χ0v) is 16.1. The molecule has 2 aliphatic rings. The van der Waals surface area contributed by atoms with Crippen molar-refractivity contribution in [2.24, 2.45) is 0 Å². The van der Waals surface area contributed by atoms with Crippen LogP contribution in [0.5, 0.6) is 0 Å². The van der Waals surface area contributed by atoms with Crippen molar-refractivity contribution >= 4 is 29.1 Å². The van der Waals surface area contributed by atoms with Crippen LogP contribution in [0.2, 0.25) is 0 Å². The van der Waals surface area contributed by atoms with Crippen LogP contribution in [0.25, 0.3) is 0 Å². The van der Waals surface area contributed by atoms with E-state index in [1.807, 2.05) is 0 Å². The maximum atomic E-state index is 13.0. The number of nitrogens with zero attached hydrogens (tertiary/aromatic N) is 3. The summed E-state index contributed by atoms with van der Waals surface area (Å²) >= 11 is 0. The summed E-state index contributed by atoms with van der Waals surface area (Å²) in [5.74, 6) is 6.26. The van der Waals surface area contributed by atoms with Crippen LogP contribution in [0.15, 0.2) is 42.6 Å².